The lowest BCUT2D eigenvalue weighted by atomic mass is 10.0. The molecule has 3 heterocycles. The Morgan fingerprint density at radius 1 is 1.19 bits per heavy atom. The number of quaternary nitrogens is 2. The molecule has 0 spiro atoms. The summed E-state index contributed by atoms with van der Waals surface area (Å²) in [5.41, 5.74) is 2.51. The molecule has 1 aliphatic rings. The summed E-state index contributed by atoms with van der Waals surface area (Å²) in [5.74, 6) is 1.03. The second-order valence-electron chi connectivity index (χ2n) is 7.32. The SMILES string of the molecule is CCc1nc2sc([C@H](c3ccc(C)cc3)[NH+]3CC[NH+](C)CC3)c(O)n2n1. The van der Waals surface area contributed by atoms with Crippen molar-refractivity contribution in [2.24, 2.45) is 0 Å². The van der Waals surface area contributed by atoms with Crippen molar-refractivity contribution in [2.45, 2.75) is 26.3 Å². The number of benzene rings is 1. The maximum absolute atomic E-state index is 10.9. The van der Waals surface area contributed by atoms with Crippen LogP contribution in [0.15, 0.2) is 24.3 Å². The van der Waals surface area contributed by atoms with Crippen LogP contribution in [0.2, 0.25) is 0 Å². The number of piperazine rings is 1. The molecule has 138 valence electrons. The fraction of sp³-hybridized carbons (Fsp3) is 0.474. The van der Waals surface area contributed by atoms with Crippen molar-refractivity contribution in [3.05, 3.63) is 46.1 Å². The van der Waals surface area contributed by atoms with Gasteiger partial charge in [-0.2, -0.15) is 4.52 Å². The molecule has 0 bridgehead atoms. The zero-order valence-corrected chi connectivity index (χ0v) is 16.4. The van der Waals surface area contributed by atoms with Gasteiger partial charge in [0.2, 0.25) is 10.8 Å². The minimum absolute atomic E-state index is 0.127. The van der Waals surface area contributed by atoms with Gasteiger partial charge in [-0.25, -0.2) is 4.98 Å². The van der Waals surface area contributed by atoms with Crippen LogP contribution < -0.4 is 9.80 Å². The average Bonchev–Trinajstić information content (AvgIpc) is 3.18. The Balaban J connectivity index is 1.78. The molecule has 4 rings (SSSR count). The zero-order chi connectivity index (χ0) is 18.3. The van der Waals surface area contributed by atoms with Crippen LogP contribution in [-0.2, 0) is 6.42 Å². The number of thiazole rings is 1. The Morgan fingerprint density at radius 3 is 2.50 bits per heavy atom. The van der Waals surface area contributed by atoms with E-state index in [9.17, 15) is 5.11 Å². The Morgan fingerprint density at radius 2 is 1.88 bits per heavy atom. The maximum atomic E-state index is 10.9. The molecule has 1 atom stereocenters. The number of fused-ring (bicyclic) bond motifs is 1. The molecule has 3 aromatic rings. The highest BCUT2D eigenvalue weighted by Gasteiger charge is 2.35. The summed E-state index contributed by atoms with van der Waals surface area (Å²) in [6.45, 7) is 8.63. The number of aryl methyl sites for hydroxylation is 2. The molecule has 0 amide bonds. The van der Waals surface area contributed by atoms with Crippen LogP contribution in [0, 0.1) is 6.92 Å². The predicted octanol–water partition coefficient (Wildman–Crippen LogP) is -0.130. The van der Waals surface area contributed by atoms with Gasteiger partial charge in [-0.05, 0) is 6.92 Å². The molecular formula is C19H27N5OS+2. The lowest BCUT2D eigenvalue weighted by Crippen LogP contribution is -3.27. The lowest BCUT2D eigenvalue weighted by Gasteiger charge is -2.33. The van der Waals surface area contributed by atoms with Crippen LogP contribution in [0.3, 0.4) is 0 Å². The highest BCUT2D eigenvalue weighted by Crippen LogP contribution is 2.35. The highest BCUT2D eigenvalue weighted by molar-refractivity contribution is 7.17. The molecule has 26 heavy (non-hydrogen) atoms. The second kappa shape index (κ2) is 6.98. The van der Waals surface area contributed by atoms with Crippen LogP contribution in [0.25, 0.3) is 4.96 Å². The van der Waals surface area contributed by atoms with E-state index in [2.05, 4.69) is 48.3 Å². The number of rotatable bonds is 4. The fourth-order valence-electron chi connectivity index (χ4n) is 3.75. The van der Waals surface area contributed by atoms with E-state index in [1.54, 1.807) is 20.8 Å². The van der Waals surface area contributed by atoms with Crippen LogP contribution >= 0.6 is 11.3 Å². The third-order valence-corrected chi connectivity index (χ3v) is 6.47. The minimum Gasteiger partial charge on any atom is -0.492 e. The first-order valence-corrected chi connectivity index (χ1v) is 10.2. The molecule has 1 saturated heterocycles. The maximum Gasteiger partial charge on any atom is 0.235 e. The van der Waals surface area contributed by atoms with Gasteiger partial charge in [0, 0.05) is 12.0 Å². The van der Waals surface area contributed by atoms with Crippen molar-refractivity contribution in [2.75, 3.05) is 33.2 Å². The minimum atomic E-state index is 0.127. The third kappa shape index (κ3) is 3.11. The summed E-state index contributed by atoms with van der Waals surface area (Å²) in [7, 11) is 2.25. The normalized spacial score (nSPS) is 22.0. The van der Waals surface area contributed by atoms with Gasteiger partial charge in [-0.1, -0.05) is 48.1 Å². The van der Waals surface area contributed by atoms with Gasteiger partial charge >= 0.3 is 0 Å². The molecule has 6 nitrogen and oxygen atoms in total. The molecule has 3 N–H and O–H groups in total. The van der Waals surface area contributed by atoms with Gasteiger partial charge in [0.15, 0.2) is 11.9 Å². The summed E-state index contributed by atoms with van der Waals surface area (Å²) < 4.78 is 1.61. The average molecular weight is 374 g/mol. The van der Waals surface area contributed by atoms with E-state index in [4.69, 9.17) is 0 Å². The summed E-state index contributed by atoms with van der Waals surface area (Å²) in [4.78, 5) is 9.40. The number of aromatic nitrogens is 3. The number of hydrogen-bond acceptors (Lipinski definition) is 4. The first-order valence-electron chi connectivity index (χ1n) is 9.36. The lowest BCUT2D eigenvalue weighted by molar-refractivity contribution is -1.02. The molecule has 0 aliphatic carbocycles. The van der Waals surface area contributed by atoms with Crippen molar-refractivity contribution in [3.63, 3.8) is 0 Å². The molecule has 0 radical (unpaired) electrons. The van der Waals surface area contributed by atoms with Crippen molar-refractivity contribution in [3.8, 4) is 5.88 Å². The molecule has 1 fully saturated rings. The summed E-state index contributed by atoms with van der Waals surface area (Å²) in [5, 5.41) is 15.4. The first-order chi connectivity index (χ1) is 12.6. The van der Waals surface area contributed by atoms with E-state index in [1.807, 2.05) is 6.92 Å². The van der Waals surface area contributed by atoms with Crippen LogP contribution in [0.1, 0.15) is 34.8 Å². The number of likely N-dealkylation sites (N-methyl/N-ethyl adjacent to an activating group) is 1. The molecule has 7 heteroatoms. The second-order valence-corrected chi connectivity index (χ2v) is 8.33. The van der Waals surface area contributed by atoms with Crippen LogP contribution in [-0.4, -0.2) is 52.9 Å². The van der Waals surface area contributed by atoms with Crippen molar-refractivity contribution >= 4 is 16.3 Å². The van der Waals surface area contributed by atoms with E-state index < -0.39 is 0 Å². The standard InChI is InChI=1S/C19H25N5OS/c1-4-15-20-19-24(21-15)18(25)17(26-19)16(14-7-5-13(2)6-8-14)23-11-9-22(3)10-12-23/h5-8,16,25H,4,9-12H2,1-3H3/p+2/t16-/m0/s1. The van der Waals surface area contributed by atoms with E-state index in [-0.39, 0.29) is 11.9 Å². The van der Waals surface area contributed by atoms with Crippen molar-refractivity contribution in [1.82, 2.24) is 14.6 Å². The van der Waals surface area contributed by atoms with Gasteiger partial charge in [-0.15, -0.1) is 5.10 Å². The zero-order valence-electron chi connectivity index (χ0n) is 15.6. The number of aromatic hydroxyl groups is 1. The van der Waals surface area contributed by atoms with Crippen molar-refractivity contribution < 1.29 is 14.9 Å². The fourth-order valence-corrected chi connectivity index (χ4v) is 4.91. The Kier molecular flexibility index (Phi) is 4.69. The number of nitrogens with zero attached hydrogens (tertiary/aromatic N) is 3. The van der Waals surface area contributed by atoms with E-state index in [1.165, 1.54) is 16.0 Å². The molecule has 2 aromatic heterocycles. The van der Waals surface area contributed by atoms with Gasteiger partial charge in [0.25, 0.3) is 0 Å². The van der Waals surface area contributed by atoms with E-state index in [0.717, 1.165) is 48.3 Å². The van der Waals surface area contributed by atoms with E-state index >= 15 is 0 Å². The molecule has 1 aliphatic heterocycles. The number of hydrogen-bond donors (Lipinski definition) is 3. The molecule has 0 saturated carbocycles. The van der Waals surface area contributed by atoms with Gasteiger partial charge in [0.1, 0.15) is 31.1 Å². The van der Waals surface area contributed by atoms with Crippen molar-refractivity contribution in [1.29, 1.82) is 0 Å². The van der Waals surface area contributed by atoms with Gasteiger partial charge in [-0.3, -0.25) is 0 Å². The summed E-state index contributed by atoms with van der Waals surface area (Å²) >= 11 is 1.57. The van der Waals surface area contributed by atoms with Crippen LogP contribution in [0.5, 0.6) is 5.88 Å². The van der Waals surface area contributed by atoms with Gasteiger partial charge < -0.3 is 14.9 Å². The van der Waals surface area contributed by atoms with Gasteiger partial charge in [0.05, 0.1) is 7.05 Å². The molecule has 0 unspecified atom stereocenters. The predicted molar refractivity (Wildman–Crippen MR) is 102 cm³/mol. The molecule has 1 aromatic carbocycles. The quantitative estimate of drug-likeness (QED) is 0.597. The monoisotopic (exact) mass is 373 g/mol. The summed E-state index contributed by atoms with van der Waals surface area (Å²) in [6.07, 6.45) is 0.775. The van der Waals surface area contributed by atoms with Crippen LogP contribution in [0.4, 0.5) is 0 Å². The Bertz CT molecular complexity index is 893. The van der Waals surface area contributed by atoms with E-state index in [0.29, 0.717) is 0 Å². The topological polar surface area (TPSA) is 59.3 Å². The number of nitrogens with one attached hydrogen (secondary N) is 2. The third-order valence-electron chi connectivity index (χ3n) is 5.39. The summed E-state index contributed by atoms with van der Waals surface area (Å²) in [6, 6.07) is 8.84. The molecular weight excluding hydrogens is 346 g/mol. The first kappa shape index (κ1) is 17.5. The Hall–Kier alpha value is -1.96. The largest absolute Gasteiger partial charge is 0.492 e. The Labute approximate surface area is 157 Å². The smallest absolute Gasteiger partial charge is 0.235 e. The highest BCUT2D eigenvalue weighted by atomic mass is 32.1.